The van der Waals surface area contributed by atoms with Gasteiger partial charge in [0.15, 0.2) is 5.78 Å². The number of nitrogens with zero attached hydrogens (tertiary/aromatic N) is 3. The molecule has 0 saturated heterocycles. The van der Waals surface area contributed by atoms with Crippen LogP contribution in [-0.4, -0.2) is 27.9 Å². The Kier molecular flexibility index (Phi) is 5.86. The van der Waals surface area contributed by atoms with E-state index in [-0.39, 0.29) is 23.1 Å². The molecule has 3 aromatic rings. The first kappa shape index (κ1) is 21.4. The number of carbonyl (C=O) groups excluding carboxylic acids is 1. The number of halogens is 4. The molecule has 6 nitrogen and oxygen atoms in total. The Morgan fingerprint density at radius 1 is 1.23 bits per heavy atom. The van der Waals surface area contributed by atoms with Crippen LogP contribution in [0.5, 0.6) is 5.75 Å². The molecule has 0 fully saturated rings. The summed E-state index contributed by atoms with van der Waals surface area (Å²) in [5.74, 6) is -1.91. The van der Waals surface area contributed by atoms with Crippen molar-refractivity contribution in [2.45, 2.75) is 32.0 Å². The number of alkyl halides is 3. The smallest absolute Gasteiger partial charge is 0.416 e. The van der Waals surface area contributed by atoms with Crippen molar-refractivity contribution in [2.75, 3.05) is 7.11 Å². The van der Waals surface area contributed by atoms with Gasteiger partial charge >= 0.3 is 6.18 Å². The topological polar surface area (TPSA) is 74.1 Å². The zero-order valence-corrected chi connectivity index (χ0v) is 16.0. The minimum atomic E-state index is -4.66. The lowest BCUT2D eigenvalue weighted by atomic mass is 9.94. The van der Waals surface area contributed by atoms with Gasteiger partial charge in [-0.3, -0.25) is 9.59 Å². The van der Waals surface area contributed by atoms with Crippen LogP contribution in [0, 0.1) is 5.82 Å². The van der Waals surface area contributed by atoms with Crippen LogP contribution < -0.4 is 10.3 Å². The van der Waals surface area contributed by atoms with E-state index in [0.717, 1.165) is 16.8 Å². The maximum Gasteiger partial charge on any atom is 0.416 e. The summed E-state index contributed by atoms with van der Waals surface area (Å²) < 4.78 is 58.2. The molecule has 30 heavy (non-hydrogen) atoms. The third kappa shape index (κ3) is 4.32. The van der Waals surface area contributed by atoms with Gasteiger partial charge in [0.1, 0.15) is 29.0 Å². The minimum Gasteiger partial charge on any atom is -0.496 e. The Balaban J connectivity index is 1.79. The molecule has 2 aromatic carbocycles. The van der Waals surface area contributed by atoms with Gasteiger partial charge in [0.05, 0.1) is 12.7 Å². The second-order valence-corrected chi connectivity index (χ2v) is 6.78. The van der Waals surface area contributed by atoms with Crippen LogP contribution in [0.1, 0.15) is 30.4 Å². The van der Waals surface area contributed by atoms with E-state index in [0.29, 0.717) is 11.6 Å². The van der Waals surface area contributed by atoms with Crippen LogP contribution in [0.2, 0.25) is 0 Å². The first-order valence-corrected chi connectivity index (χ1v) is 8.90. The van der Waals surface area contributed by atoms with Crippen molar-refractivity contribution in [1.29, 1.82) is 0 Å². The first-order chi connectivity index (χ1) is 14.1. The van der Waals surface area contributed by atoms with Crippen LogP contribution in [0.4, 0.5) is 17.6 Å². The van der Waals surface area contributed by atoms with Crippen molar-refractivity contribution in [2.24, 2.45) is 0 Å². The third-order valence-corrected chi connectivity index (χ3v) is 4.65. The molecule has 1 aromatic heterocycles. The molecule has 1 atom stereocenters. The summed E-state index contributed by atoms with van der Waals surface area (Å²) in [4.78, 5) is 25.1. The van der Waals surface area contributed by atoms with Gasteiger partial charge in [0, 0.05) is 6.42 Å². The van der Waals surface area contributed by atoms with Crippen LogP contribution in [0.25, 0.3) is 10.9 Å². The normalized spacial score (nSPS) is 12.7. The van der Waals surface area contributed by atoms with Crippen LogP contribution in [0.15, 0.2) is 41.2 Å². The van der Waals surface area contributed by atoms with Crippen molar-refractivity contribution < 1.29 is 27.1 Å². The monoisotopic (exact) mass is 423 g/mol. The second-order valence-electron chi connectivity index (χ2n) is 6.78. The summed E-state index contributed by atoms with van der Waals surface area (Å²) in [5.41, 5.74) is -1.38. The number of methoxy groups -OCH3 is 1. The van der Waals surface area contributed by atoms with Gasteiger partial charge in [0.25, 0.3) is 5.56 Å². The number of carbonyl (C=O) groups is 1. The van der Waals surface area contributed by atoms with Gasteiger partial charge in [-0.1, -0.05) is 24.3 Å². The molecule has 10 heteroatoms. The lowest BCUT2D eigenvalue weighted by Crippen LogP contribution is -2.28. The van der Waals surface area contributed by atoms with Crippen molar-refractivity contribution in [3.05, 3.63) is 63.7 Å². The van der Waals surface area contributed by atoms with Crippen LogP contribution in [0.3, 0.4) is 0 Å². The fourth-order valence-electron chi connectivity index (χ4n) is 3.15. The minimum absolute atomic E-state index is 0.0186. The molecule has 0 bridgehead atoms. The molecule has 0 radical (unpaired) electrons. The summed E-state index contributed by atoms with van der Waals surface area (Å²) in [7, 11) is 1.39. The van der Waals surface area contributed by atoms with Gasteiger partial charge in [-0.05, 0) is 35.7 Å². The van der Waals surface area contributed by atoms with E-state index >= 15 is 0 Å². The second kappa shape index (κ2) is 8.21. The highest BCUT2D eigenvalue weighted by Gasteiger charge is 2.31. The van der Waals surface area contributed by atoms with Gasteiger partial charge < -0.3 is 4.74 Å². The lowest BCUT2D eigenvalue weighted by molar-refractivity contribution is -0.137. The lowest BCUT2D eigenvalue weighted by Gasteiger charge is -2.14. The predicted octanol–water partition coefficient (Wildman–Crippen LogP) is 3.72. The summed E-state index contributed by atoms with van der Waals surface area (Å²) in [6.45, 7) is 1.11. The molecule has 0 amide bonds. The van der Waals surface area contributed by atoms with E-state index in [9.17, 15) is 27.2 Å². The fourth-order valence-corrected chi connectivity index (χ4v) is 3.15. The maximum atomic E-state index is 14.1. The largest absolute Gasteiger partial charge is 0.496 e. The molecule has 158 valence electrons. The molecule has 0 aliphatic heterocycles. The zero-order chi connectivity index (χ0) is 22.1. The van der Waals surface area contributed by atoms with Crippen LogP contribution >= 0.6 is 0 Å². The molecule has 0 N–H and O–H groups in total. The number of fused-ring (bicyclic) bond motifs is 1. The molecular formula is C20H17F4N3O3. The van der Waals surface area contributed by atoms with Gasteiger partial charge in [-0.2, -0.15) is 13.2 Å². The summed E-state index contributed by atoms with van der Waals surface area (Å²) >= 11 is 0. The number of Topliss-reactive ketones (excluding diaryl/α,β-unsaturated/α-hetero) is 1. The van der Waals surface area contributed by atoms with E-state index < -0.39 is 41.4 Å². The Hall–Kier alpha value is -3.30. The highest BCUT2D eigenvalue weighted by Crippen LogP contribution is 2.32. The summed E-state index contributed by atoms with van der Waals surface area (Å²) in [5, 5.41) is 7.81. The average Bonchev–Trinajstić information content (AvgIpc) is 2.68. The molecule has 1 heterocycles. The number of hydrogen-bond acceptors (Lipinski definition) is 5. The Labute approximate surface area is 168 Å². The van der Waals surface area contributed by atoms with E-state index in [1.165, 1.54) is 14.0 Å². The Morgan fingerprint density at radius 3 is 2.60 bits per heavy atom. The van der Waals surface area contributed by atoms with E-state index in [2.05, 4.69) is 10.3 Å². The first-order valence-electron chi connectivity index (χ1n) is 8.90. The van der Waals surface area contributed by atoms with E-state index in [4.69, 9.17) is 4.74 Å². The molecule has 3 rings (SSSR count). The average molecular weight is 423 g/mol. The van der Waals surface area contributed by atoms with Gasteiger partial charge in [-0.25, -0.2) is 9.07 Å². The third-order valence-electron chi connectivity index (χ3n) is 4.65. The van der Waals surface area contributed by atoms with Gasteiger partial charge in [0.2, 0.25) is 0 Å². The highest BCUT2D eigenvalue weighted by atomic mass is 19.4. The molecule has 0 spiro atoms. The fraction of sp³-hybridized carbons (Fsp3) is 0.300. The van der Waals surface area contributed by atoms with E-state index in [1.807, 2.05) is 0 Å². The predicted molar refractivity (Wildman–Crippen MR) is 99.8 cm³/mol. The SMILES string of the molecule is COc1cccc2nnn(CC(=O)C[C@@H](C)c3ccc(C(F)(F)F)cc3F)c(=O)c12. The molecule has 0 unspecified atom stereocenters. The molecule has 0 aliphatic carbocycles. The number of benzene rings is 2. The summed E-state index contributed by atoms with van der Waals surface area (Å²) in [6, 6.07) is 6.99. The number of rotatable bonds is 6. The summed E-state index contributed by atoms with van der Waals surface area (Å²) in [6.07, 6.45) is -4.85. The van der Waals surface area contributed by atoms with Crippen LogP contribution in [-0.2, 0) is 17.5 Å². The quantitative estimate of drug-likeness (QED) is 0.565. The van der Waals surface area contributed by atoms with Crippen molar-refractivity contribution >= 4 is 16.7 Å². The maximum absolute atomic E-state index is 14.1. The highest BCUT2D eigenvalue weighted by molar-refractivity contribution is 5.84. The Bertz CT molecular complexity index is 1160. The van der Waals surface area contributed by atoms with Crippen molar-refractivity contribution in [1.82, 2.24) is 15.0 Å². The number of ether oxygens (including phenoxy) is 1. The van der Waals surface area contributed by atoms with Crippen molar-refractivity contribution in [3.8, 4) is 5.75 Å². The van der Waals surface area contributed by atoms with E-state index in [1.54, 1.807) is 18.2 Å². The molecule has 0 aliphatic rings. The number of aromatic nitrogens is 3. The number of hydrogen-bond donors (Lipinski definition) is 0. The number of ketones is 1. The Morgan fingerprint density at radius 2 is 1.97 bits per heavy atom. The zero-order valence-electron chi connectivity index (χ0n) is 16.0. The standard InChI is InChI=1S/C20H17F4N3O3/c1-11(14-7-6-12(9-15(14)21)20(22,23)24)8-13(28)10-27-19(29)18-16(25-26-27)4-3-5-17(18)30-2/h3-7,9,11H,8,10H2,1-2H3/t11-/m1/s1. The molecular weight excluding hydrogens is 406 g/mol. The van der Waals surface area contributed by atoms with Gasteiger partial charge in [-0.15, -0.1) is 5.10 Å². The van der Waals surface area contributed by atoms with Crippen molar-refractivity contribution in [3.63, 3.8) is 0 Å². The molecule has 0 saturated carbocycles.